The smallest absolute Gasteiger partial charge is 0.0585 e. The number of aryl methyl sites for hydroxylation is 1. The number of hydrogen-bond acceptors (Lipinski definition) is 3. The van der Waals surface area contributed by atoms with Crippen molar-refractivity contribution in [3.63, 3.8) is 0 Å². The summed E-state index contributed by atoms with van der Waals surface area (Å²) in [5, 5.41) is 21.2. The molecule has 2 aromatic carbocycles. The quantitative estimate of drug-likeness (QED) is 0.412. The molecule has 0 aliphatic carbocycles. The molecule has 0 bridgehead atoms. The van der Waals surface area contributed by atoms with Crippen LogP contribution in [0.5, 0.6) is 0 Å². The van der Waals surface area contributed by atoms with Crippen molar-refractivity contribution in [2.24, 2.45) is 11.7 Å². The fraction of sp³-hybridized carbons (Fsp3) is 0.571. The predicted octanol–water partition coefficient (Wildman–Crippen LogP) is 5.93. The van der Waals surface area contributed by atoms with E-state index in [1.807, 2.05) is 12.1 Å². The van der Waals surface area contributed by atoms with E-state index in [4.69, 9.17) is 17.3 Å². The molecule has 0 aromatic heterocycles. The molecule has 4 N–H and O–H groups in total. The van der Waals surface area contributed by atoms with Crippen LogP contribution in [0.15, 0.2) is 36.4 Å². The first-order valence-corrected chi connectivity index (χ1v) is 12.2. The van der Waals surface area contributed by atoms with Crippen LogP contribution < -0.4 is 5.73 Å². The van der Waals surface area contributed by atoms with Gasteiger partial charge in [-0.25, -0.2) is 0 Å². The summed E-state index contributed by atoms with van der Waals surface area (Å²) in [4.78, 5) is 0. The average Bonchev–Trinajstić information content (AvgIpc) is 2.73. The van der Waals surface area contributed by atoms with Crippen LogP contribution in [-0.4, -0.2) is 29.0 Å². The van der Waals surface area contributed by atoms with Gasteiger partial charge in [0.05, 0.1) is 12.7 Å². The summed E-state index contributed by atoms with van der Waals surface area (Å²) >= 11 is 6.40. The Balaban J connectivity index is 2.14. The van der Waals surface area contributed by atoms with Gasteiger partial charge in [0.1, 0.15) is 0 Å². The van der Waals surface area contributed by atoms with E-state index < -0.39 is 0 Å². The monoisotopic (exact) mass is 459 g/mol. The van der Waals surface area contributed by atoms with E-state index in [0.29, 0.717) is 12.3 Å². The Morgan fingerprint density at radius 3 is 2.22 bits per heavy atom. The molecule has 0 saturated heterocycles. The molecule has 4 atom stereocenters. The lowest BCUT2D eigenvalue weighted by Gasteiger charge is -2.29. The minimum atomic E-state index is -0.387. The van der Waals surface area contributed by atoms with Crippen LogP contribution in [0, 0.1) is 12.8 Å². The van der Waals surface area contributed by atoms with Crippen LogP contribution in [0.4, 0.5) is 0 Å². The first-order chi connectivity index (χ1) is 15.0. The van der Waals surface area contributed by atoms with Crippen molar-refractivity contribution >= 4 is 11.6 Å². The Labute approximate surface area is 200 Å². The Morgan fingerprint density at radius 2 is 1.62 bits per heavy atom. The highest BCUT2D eigenvalue weighted by molar-refractivity contribution is 6.31. The zero-order chi connectivity index (χ0) is 24.1. The molecular formula is C28H42ClNO2. The van der Waals surface area contributed by atoms with Crippen molar-refractivity contribution < 1.29 is 10.2 Å². The summed E-state index contributed by atoms with van der Waals surface area (Å²) in [6, 6.07) is 12.2. The van der Waals surface area contributed by atoms with Crippen LogP contribution in [0.2, 0.25) is 5.02 Å². The second-order valence-electron chi connectivity index (χ2n) is 10.5. The Morgan fingerprint density at radius 1 is 0.969 bits per heavy atom. The van der Waals surface area contributed by atoms with E-state index in [0.717, 1.165) is 29.8 Å². The van der Waals surface area contributed by atoms with E-state index in [9.17, 15) is 10.2 Å². The minimum absolute atomic E-state index is 0.00107. The van der Waals surface area contributed by atoms with E-state index in [1.54, 1.807) is 0 Å². The number of aliphatic hydroxyl groups is 2. The molecule has 0 aliphatic heterocycles. The highest BCUT2D eigenvalue weighted by atomic mass is 35.5. The Bertz CT molecular complexity index is 854. The average molecular weight is 460 g/mol. The lowest BCUT2D eigenvalue weighted by Crippen LogP contribution is -2.29. The normalized spacial score (nSPS) is 15.9. The molecule has 0 spiro atoms. The molecule has 0 heterocycles. The molecule has 0 fully saturated rings. The largest absolute Gasteiger partial charge is 0.395 e. The number of nitrogens with two attached hydrogens (primary N) is 1. The summed E-state index contributed by atoms with van der Waals surface area (Å²) in [5.74, 6) is 0.422. The van der Waals surface area contributed by atoms with Gasteiger partial charge in [0.25, 0.3) is 0 Å². The van der Waals surface area contributed by atoms with E-state index in [2.05, 4.69) is 65.8 Å². The summed E-state index contributed by atoms with van der Waals surface area (Å²) < 4.78 is 0. The maximum Gasteiger partial charge on any atom is 0.0585 e. The molecule has 2 aromatic rings. The van der Waals surface area contributed by atoms with Gasteiger partial charge in [-0.1, -0.05) is 76.6 Å². The van der Waals surface area contributed by atoms with Crippen molar-refractivity contribution in [3.05, 3.63) is 69.2 Å². The van der Waals surface area contributed by atoms with Crippen molar-refractivity contribution in [1.82, 2.24) is 0 Å². The fourth-order valence-electron chi connectivity index (χ4n) is 4.57. The van der Waals surface area contributed by atoms with Crippen LogP contribution in [0.1, 0.15) is 81.2 Å². The standard InChI is InChI=1S/C28H42ClNO2/c1-18-9-7-12-26(29)23(18)15-20(3)27(32)14-13-19(2)22-10-8-11-25(28(4,5)6)24(22)16-21(30)17-31/h7-12,19-21,27,31-32H,13-17,30H2,1-6H3/t19-,20?,21-,27?/m1/s1. The Kier molecular flexibility index (Phi) is 9.78. The number of rotatable bonds is 10. The number of halogens is 1. The van der Waals surface area contributed by atoms with Gasteiger partial charge in [0.15, 0.2) is 0 Å². The topological polar surface area (TPSA) is 66.5 Å². The zero-order valence-electron chi connectivity index (χ0n) is 20.7. The van der Waals surface area contributed by atoms with Gasteiger partial charge in [0, 0.05) is 11.1 Å². The van der Waals surface area contributed by atoms with Crippen molar-refractivity contribution in [2.75, 3.05) is 6.61 Å². The van der Waals surface area contributed by atoms with Crippen LogP contribution in [0.25, 0.3) is 0 Å². The SMILES string of the molecule is Cc1cccc(Cl)c1CC(C)C(O)CC[C@@H](C)c1cccc(C(C)(C)C)c1C[C@@H](N)CO. The maximum atomic E-state index is 10.9. The second kappa shape index (κ2) is 11.7. The van der Waals surface area contributed by atoms with Crippen molar-refractivity contribution in [2.45, 2.75) is 90.7 Å². The molecule has 3 nitrogen and oxygen atoms in total. The molecule has 4 heteroatoms. The summed E-state index contributed by atoms with van der Waals surface area (Å²) in [6.07, 6.45) is 2.67. The van der Waals surface area contributed by atoms with E-state index >= 15 is 0 Å². The number of hydrogen-bond donors (Lipinski definition) is 3. The van der Waals surface area contributed by atoms with Gasteiger partial charge in [-0.3, -0.25) is 0 Å². The number of aliphatic hydroxyl groups excluding tert-OH is 2. The molecule has 2 rings (SSSR count). The van der Waals surface area contributed by atoms with Crippen molar-refractivity contribution in [1.29, 1.82) is 0 Å². The molecule has 0 aliphatic rings. The predicted molar refractivity (Wildman–Crippen MR) is 137 cm³/mol. The Hall–Kier alpha value is -1.39. The third-order valence-corrected chi connectivity index (χ3v) is 7.04. The minimum Gasteiger partial charge on any atom is -0.395 e. The molecule has 0 radical (unpaired) electrons. The molecular weight excluding hydrogens is 418 g/mol. The third kappa shape index (κ3) is 7.05. The highest BCUT2D eigenvalue weighted by Crippen LogP contribution is 2.34. The summed E-state index contributed by atoms with van der Waals surface area (Å²) in [6.45, 7) is 13.0. The first kappa shape index (κ1) is 26.9. The zero-order valence-corrected chi connectivity index (χ0v) is 21.4. The summed E-state index contributed by atoms with van der Waals surface area (Å²) in [5.41, 5.74) is 12.3. The van der Waals surface area contributed by atoms with Gasteiger partial charge in [0.2, 0.25) is 0 Å². The molecule has 0 saturated carbocycles. The number of benzene rings is 2. The second-order valence-corrected chi connectivity index (χ2v) is 10.9. The van der Waals surface area contributed by atoms with Crippen molar-refractivity contribution in [3.8, 4) is 0 Å². The van der Waals surface area contributed by atoms with Gasteiger partial charge >= 0.3 is 0 Å². The van der Waals surface area contributed by atoms with Crippen LogP contribution in [-0.2, 0) is 18.3 Å². The molecule has 32 heavy (non-hydrogen) atoms. The molecule has 0 amide bonds. The van der Waals surface area contributed by atoms with Gasteiger partial charge in [-0.15, -0.1) is 0 Å². The lowest BCUT2D eigenvalue weighted by atomic mass is 9.77. The molecule has 178 valence electrons. The first-order valence-electron chi connectivity index (χ1n) is 11.9. The summed E-state index contributed by atoms with van der Waals surface area (Å²) in [7, 11) is 0. The van der Waals surface area contributed by atoms with Crippen LogP contribution in [0.3, 0.4) is 0 Å². The van der Waals surface area contributed by atoms with Gasteiger partial charge in [-0.2, -0.15) is 0 Å². The van der Waals surface area contributed by atoms with E-state index in [1.165, 1.54) is 22.3 Å². The lowest BCUT2D eigenvalue weighted by molar-refractivity contribution is 0.103. The maximum absolute atomic E-state index is 10.9. The highest BCUT2D eigenvalue weighted by Gasteiger charge is 2.24. The van der Waals surface area contributed by atoms with Gasteiger partial charge in [-0.05, 0) is 83.7 Å². The fourth-order valence-corrected chi connectivity index (χ4v) is 4.87. The van der Waals surface area contributed by atoms with Crippen LogP contribution >= 0.6 is 11.6 Å². The third-order valence-electron chi connectivity index (χ3n) is 6.68. The molecule has 2 unspecified atom stereocenters. The van der Waals surface area contributed by atoms with E-state index in [-0.39, 0.29) is 30.1 Å². The van der Waals surface area contributed by atoms with Gasteiger partial charge < -0.3 is 15.9 Å².